The van der Waals surface area contributed by atoms with E-state index in [0.29, 0.717) is 17.9 Å². The van der Waals surface area contributed by atoms with Crippen LogP contribution in [0.3, 0.4) is 0 Å². The van der Waals surface area contributed by atoms with Crippen LogP contribution in [0.15, 0.2) is 35.3 Å². The van der Waals surface area contributed by atoms with Gasteiger partial charge in [-0.05, 0) is 80.1 Å². The van der Waals surface area contributed by atoms with E-state index < -0.39 is 45.1 Å². The van der Waals surface area contributed by atoms with Crippen molar-refractivity contribution in [1.82, 2.24) is 9.62 Å². The molecule has 1 atom stereocenters. The lowest BCUT2D eigenvalue weighted by atomic mass is 9.89. The van der Waals surface area contributed by atoms with Gasteiger partial charge in [-0.3, -0.25) is 9.79 Å². The molecule has 2 aromatic rings. The lowest BCUT2D eigenvalue weighted by molar-refractivity contribution is -0.140. The first-order chi connectivity index (χ1) is 19.6. The van der Waals surface area contributed by atoms with Crippen LogP contribution in [0.1, 0.15) is 47.1 Å². The number of nitrogens with zero attached hydrogens (tertiary/aromatic N) is 2. The highest BCUT2D eigenvalue weighted by molar-refractivity contribution is 7.89. The second-order valence-electron chi connectivity index (χ2n) is 10.6. The maximum absolute atomic E-state index is 13.7. The third-order valence-electron chi connectivity index (χ3n) is 7.68. The average molecular weight is 616 g/mol. The summed E-state index contributed by atoms with van der Waals surface area (Å²) in [6.07, 6.45) is -5.17. The van der Waals surface area contributed by atoms with Gasteiger partial charge in [-0.2, -0.15) is 13.2 Å². The molecule has 0 radical (unpaired) electrons. The Labute approximate surface area is 241 Å². The van der Waals surface area contributed by atoms with Gasteiger partial charge in [-0.25, -0.2) is 17.1 Å². The average Bonchev–Trinajstić information content (AvgIpc) is 3.22. The first-order valence-corrected chi connectivity index (χ1v) is 15.0. The predicted octanol–water partition coefficient (Wildman–Crippen LogP) is 2.87. The first-order valence-electron chi connectivity index (χ1n) is 13.4. The van der Waals surface area contributed by atoms with E-state index in [-0.39, 0.29) is 69.1 Å². The molecule has 2 aromatic carbocycles. The molecule has 4 rings (SSSR count). The molecule has 1 spiro atoms. The third-order valence-corrected chi connectivity index (χ3v) is 9.55. The van der Waals surface area contributed by atoms with E-state index in [0.717, 1.165) is 22.8 Å². The van der Waals surface area contributed by atoms with Gasteiger partial charge in [0, 0.05) is 25.1 Å². The number of hydrogen-bond acceptors (Lipinski definition) is 7. The quantitative estimate of drug-likeness (QED) is 0.353. The van der Waals surface area contributed by atoms with E-state index in [1.807, 2.05) is 13.8 Å². The monoisotopic (exact) mass is 615 g/mol. The zero-order valence-corrected chi connectivity index (χ0v) is 24.0. The van der Waals surface area contributed by atoms with Gasteiger partial charge in [0.2, 0.25) is 10.0 Å². The van der Waals surface area contributed by atoms with E-state index in [1.54, 1.807) is 12.1 Å². The number of aryl methyl sites for hydroxylation is 2. The minimum atomic E-state index is -4.92. The molecule has 1 fully saturated rings. The normalized spacial score (nSPS) is 18.2. The summed E-state index contributed by atoms with van der Waals surface area (Å²) in [7, 11) is -3.70. The summed E-state index contributed by atoms with van der Waals surface area (Å²) in [6.45, 7) is 3.58. The van der Waals surface area contributed by atoms with Crippen LogP contribution in [0.25, 0.3) is 0 Å². The largest absolute Gasteiger partial charge is 0.493 e. The number of halogens is 4. The van der Waals surface area contributed by atoms with Gasteiger partial charge < -0.3 is 20.3 Å². The number of ether oxygens (including phenoxy) is 1. The third kappa shape index (κ3) is 6.93. The Hall–Kier alpha value is -3.07. The number of amidine groups is 1. The summed E-state index contributed by atoms with van der Waals surface area (Å²) < 4.78 is 86.5. The van der Waals surface area contributed by atoms with Gasteiger partial charge in [0.1, 0.15) is 22.9 Å². The summed E-state index contributed by atoms with van der Waals surface area (Å²) in [5.74, 6) is -1.67. The molecule has 0 saturated carbocycles. The molecule has 42 heavy (non-hydrogen) atoms. The second-order valence-corrected chi connectivity index (χ2v) is 12.7. The molecule has 0 bridgehead atoms. The Morgan fingerprint density at radius 2 is 1.79 bits per heavy atom. The number of amides is 1. The number of alkyl halides is 3. The van der Waals surface area contributed by atoms with Crippen molar-refractivity contribution in [3.63, 3.8) is 0 Å². The number of benzene rings is 2. The maximum atomic E-state index is 13.7. The molecule has 1 amide bonds. The lowest BCUT2D eigenvalue weighted by Gasteiger charge is -2.34. The van der Waals surface area contributed by atoms with Crippen molar-refractivity contribution in [3.05, 3.63) is 64.0 Å². The molecule has 2 heterocycles. The molecule has 230 valence electrons. The van der Waals surface area contributed by atoms with Crippen molar-refractivity contribution in [2.75, 3.05) is 32.1 Å². The Kier molecular flexibility index (Phi) is 9.31. The van der Waals surface area contributed by atoms with Crippen molar-refractivity contribution in [3.8, 4) is 5.75 Å². The van der Waals surface area contributed by atoms with Crippen molar-refractivity contribution >= 4 is 21.8 Å². The summed E-state index contributed by atoms with van der Waals surface area (Å²) in [5.41, 5.74) is -0.321. The maximum Gasteiger partial charge on any atom is 0.419 e. The fourth-order valence-electron chi connectivity index (χ4n) is 5.21. The number of carbonyl (C=O) groups is 1. The number of aliphatic hydroxyl groups excluding tert-OH is 2. The van der Waals surface area contributed by atoms with Gasteiger partial charge in [0.25, 0.3) is 5.91 Å². The molecular weight excluding hydrogens is 582 g/mol. The molecule has 9 nitrogen and oxygen atoms in total. The number of piperidine rings is 1. The predicted molar refractivity (Wildman–Crippen MR) is 146 cm³/mol. The van der Waals surface area contributed by atoms with Crippen LogP contribution in [0.4, 0.5) is 17.6 Å². The summed E-state index contributed by atoms with van der Waals surface area (Å²) in [5, 5.41) is 20.9. The smallest absolute Gasteiger partial charge is 0.419 e. The van der Waals surface area contributed by atoms with E-state index >= 15 is 0 Å². The molecule has 2 aliphatic rings. The van der Waals surface area contributed by atoms with Crippen LogP contribution in [0.2, 0.25) is 0 Å². The van der Waals surface area contributed by atoms with Gasteiger partial charge >= 0.3 is 6.18 Å². The Morgan fingerprint density at radius 1 is 1.14 bits per heavy atom. The Morgan fingerprint density at radius 3 is 2.38 bits per heavy atom. The standard InChI is InChI=1S/C28H33F4N3O6S/c1-17-13-21(41-11-5-20(37)16-36)14-18(2)22(17)6-12-42(39,40)35-9-7-27(8-10-35)26(38)33-25(34-27)19-3-4-24(29)23(15-19)28(30,31)32/h3-4,13-15,20,36-37H,5-12,16H2,1-2H3,(H,33,34,38). The molecule has 3 N–H and O–H groups in total. The summed E-state index contributed by atoms with van der Waals surface area (Å²) >= 11 is 0. The zero-order chi connectivity index (χ0) is 30.9. The molecular formula is C28H33F4N3O6S. The van der Waals surface area contributed by atoms with Gasteiger partial charge in [0.05, 0.1) is 30.6 Å². The Balaban J connectivity index is 1.39. The van der Waals surface area contributed by atoms with Crippen molar-refractivity contribution in [2.45, 2.75) is 57.3 Å². The highest BCUT2D eigenvalue weighted by Crippen LogP contribution is 2.35. The number of sulfonamides is 1. The van der Waals surface area contributed by atoms with Gasteiger partial charge in [0.15, 0.2) is 0 Å². The van der Waals surface area contributed by atoms with Crippen LogP contribution >= 0.6 is 0 Å². The van der Waals surface area contributed by atoms with E-state index in [4.69, 9.17) is 9.84 Å². The number of hydrogen-bond donors (Lipinski definition) is 3. The van der Waals surface area contributed by atoms with Crippen molar-refractivity contribution in [1.29, 1.82) is 0 Å². The first kappa shape index (κ1) is 31.9. The highest BCUT2D eigenvalue weighted by atomic mass is 32.2. The van der Waals surface area contributed by atoms with Gasteiger partial charge in [-0.15, -0.1) is 0 Å². The minimum absolute atomic E-state index is 0.00812. The van der Waals surface area contributed by atoms with Gasteiger partial charge in [-0.1, -0.05) is 0 Å². The van der Waals surface area contributed by atoms with Crippen LogP contribution in [0.5, 0.6) is 5.75 Å². The van der Waals surface area contributed by atoms with Crippen LogP contribution < -0.4 is 10.1 Å². The SMILES string of the molecule is Cc1cc(OCCC(O)CO)cc(C)c1CCS(=O)(=O)N1CCC2(CC1)N=C(c1ccc(F)c(C(F)(F)F)c1)NC2=O. The molecule has 1 saturated heterocycles. The number of aliphatic hydroxyl groups is 2. The summed E-state index contributed by atoms with van der Waals surface area (Å²) in [6, 6.07) is 5.95. The number of carbonyl (C=O) groups excluding carboxylic acids is 1. The fraction of sp³-hybridized carbons (Fsp3) is 0.500. The topological polar surface area (TPSA) is 129 Å². The molecule has 14 heteroatoms. The molecule has 2 aliphatic heterocycles. The molecule has 1 unspecified atom stereocenters. The Bertz CT molecular complexity index is 1450. The van der Waals surface area contributed by atoms with Crippen LogP contribution in [0, 0.1) is 19.7 Å². The van der Waals surface area contributed by atoms with E-state index in [9.17, 15) is 35.9 Å². The zero-order valence-electron chi connectivity index (χ0n) is 23.2. The minimum Gasteiger partial charge on any atom is -0.493 e. The number of aliphatic imine (C=N–C) groups is 1. The lowest BCUT2D eigenvalue weighted by Crippen LogP contribution is -2.50. The fourth-order valence-corrected chi connectivity index (χ4v) is 6.67. The van der Waals surface area contributed by atoms with Crippen LogP contribution in [-0.2, 0) is 27.4 Å². The highest BCUT2D eigenvalue weighted by Gasteiger charge is 2.47. The second kappa shape index (κ2) is 12.3. The van der Waals surface area contributed by atoms with Crippen molar-refractivity contribution < 1.29 is 45.7 Å². The van der Waals surface area contributed by atoms with Crippen molar-refractivity contribution in [2.24, 2.45) is 4.99 Å². The van der Waals surface area contributed by atoms with E-state index in [1.165, 1.54) is 4.31 Å². The molecule has 0 aliphatic carbocycles. The summed E-state index contributed by atoms with van der Waals surface area (Å²) in [4.78, 5) is 17.2. The van der Waals surface area contributed by atoms with Crippen LogP contribution in [-0.4, -0.2) is 78.4 Å². The number of nitrogens with one attached hydrogen (secondary N) is 1. The number of rotatable bonds is 10. The van der Waals surface area contributed by atoms with E-state index in [2.05, 4.69) is 10.3 Å². The molecule has 0 aromatic heterocycles.